The van der Waals surface area contributed by atoms with Gasteiger partial charge in [0, 0.05) is 6.54 Å². The predicted molar refractivity (Wildman–Crippen MR) is 54.8 cm³/mol. The minimum Gasteiger partial charge on any atom is -0.346 e. The molecule has 0 aliphatic rings. The minimum atomic E-state index is -4.39. The predicted octanol–water partition coefficient (Wildman–Crippen LogP) is 2.24. The number of carbonyl (C=O) groups excluding carboxylic acids is 1. The van der Waals surface area contributed by atoms with Crippen LogP contribution in [0.3, 0.4) is 0 Å². The highest BCUT2D eigenvalue weighted by Gasteiger charge is 2.30. The third-order valence-corrected chi connectivity index (χ3v) is 1.97. The Bertz CT molecular complexity index is 449. The first-order valence-corrected chi connectivity index (χ1v) is 4.69. The van der Waals surface area contributed by atoms with Crippen molar-refractivity contribution in [3.63, 3.8) is 0 Å². The molecule has 1 amide bonds. The maximum absolute atomic E-state index is 12.4. The van der Waals surface area contributed by atoms with E-state index in [2.05, 4.69) is 10.2 Å². The van der Waals surface area contributed by atoms with Crippen LogP contribution in [0.25, 0.3) is 4.85 Å². The summed E-state index contributed by atoms with van der Waals surface area (Å²) in [5.74, 6) is -0.502. The second-order valence-corrected chi connectivity index (χ2v) is 3.29. The largest absolute Gasteiger partial charge is 0.416 e. The Balaban J connectivity index is 2.67. The molecule has 0 unspecified atom stereocenters. The number of nitrogens with one attached hydrogen (secondary N) is 1. The second kappa shape index (κ2) is 5.34. The Kier molecular flexibility index (Phi) is 4.10. The van der Waals surface area contributed by atoms with E-state index in [-0.39, 0.29) is 13.1 Å². The molecule has 0 spiro atoms. The summed E-state index contributed by atoms with van der Waals surface area (Å²) in [5.41, 5.74) is -0.410. The first-order valence-electron chi connectivity index (χ1n) is 4.69. The SMILES string of the molecule is [C-]#[N+]CC(=O)NCc1cccc(C(F)(F)F)c1. The molecule has 0 fully saturated rings. The highest BCUT2D eigenvalue weighted by Crippen LogP contribution is 2.29. The number of rotatable bonds is 3. The number of amides is 1. The van der Waals surface area contributed by atoms with Crippen LogP contribution >= 0.6 is 0 Å². The van der Waals surface area contributed by atoms with Crippen LogP contribution in [0.2, 0.25) is 0 Å². The van der Waals surface area contributed by atoms with Gasteiger partial charge in [-0.25, -0.2) is 6.57 Å². The van der Waals surface area contributed by atoms with Gasteiger partial charge in [0.15, 0.2) is 0 Å². The lowest BCUT2D eigenvalue weighted by Crippen LogP contribution is -2.24. The first kappa shape index (κ1) is 13.0. The summed E-state index contributed by atoms with van der Waals surface area (Å²) in [4.78, 5) is 13.8. The zero-order valence-corrected chi connectivity index (χ0v) is 8.71. The van der Waals surface area contributed by atoms with Crippen LogP contribution < -0.4 is 5.32 Å². The van der Waals surface area contributed by atoms with Crippen molar-refractivity contribution in [3.8, 4) is 0 Å². The third-order valence-electron chi connectivity index (χ3n) is 1.97. The molecule has 90 valence electrons. The fourth-order valence-electron chi connectivity index (χ4n) is 1.19. The van der Waals surface area contributed by atoms with E-state index < -0.39 is 17.6 Å². The average molecular weight is 242 g/mol. The number of nitrogens with zero attached hydrogens (tertiary/aromatic N) is 1. The topological polar surface area (TPSA) is 33.5 Å². The van der Waals surface area contributed by atoms with E-state index in [1.54, 1.807) is 0 Å². The molecule has 17 heavy (non-hydrogen) atoms. The van der Waals surface area contributed by atoms with Gasteiger partial charge in [-0.1, -0.05) is 12.1 Å². The van der Waals surface area contributed by atoms with E-state index in [0.717, 1.165) is 12.1 Å². The number of hydrogen-bond donors (Lipinski definition) is 1. The number of halogens is 3. The molecule has 0 aliphatic carbocycles. The van der Waals surface area contributed by atoms with Crippen LogP contribution in [-0.2, 0) is 17.5 Å². The van der Waals surface area contributed by atoms with Gasteiger partial charge in [0.2, 0.25) is 0 Å². The summed E-state index contributed by atoms with van der Waals surface area (Å²) in [6.45, 7) is 6.11. The molecule has 0 heterocycles. The molecule has 0 radical (unpaired) electrons. The Hall–Kier alpha value is -2.03. The number of hydrogen-bond acceptors (Lipinski definition) is 1. The van der Waals surface area contributed by atoms with E-state index in [1.807, 2.05) is 0 Å². The molecular weight excluding hydrogens is 233 g/mol. The maximum Gasteiger partial charge on any atom is 0.416 e. The highest BCUT2D eigenvalue weighted by atomic mass is 19.4. The van der Waals surface area contributed by atoms with Crippen LogP contribution in [0.4, 0.5) is 13.2 Å². The molecule has 3 nitrogen and oxygen atoms in total. The minimum absolute atomic E-state index is 0.0156. The van der Waals surface area contributed by atoms with E-state index >= 15 is 0 Å². The van der Waals surface area contributed by atoms with Gasteiger partial charge in [-0.3, -0.25) is 4.79 Å². The van der Waals surface area contributed by atoms with Gasteiger partial charge in [-0.05, 0) is 17.7 Å². The molecule has 1 aromatic rings. The van der Waals surface area contributed by atoms with Crippen LogP contribution in [-0.4, -0.2) is 12.5 Å². The summed E-state index contributed by atoms with van der Waals surface area (Å²) < 4.78 is 37.1. The van der Waals surface area contributed by atoms with E-state index in [9.17, 15) is 18.0 Å². The number of alkyl halides is 3. The molecule has 6 heteroatoms. The normalized spacial score (nSPS) is 10.7. The lowest BCUT2D eigenvalue weighted by Gasteiger charge is -2.08. The van der Waals surface area contributed by atoms with Gasteiger partial charge in [-0.2, -0.15) is 13.2 Å². The maximum atomic E-state index is 12.4. The molecule has 1 rings (SSSR count). The Labute approximate surface area is 96.1 Å². The summed E-state index contributed by atoms with van der Waals surface area (Å²) >= 11 is 0. The summed E-state index contributed by atoms with van der Waals surface area (Å²) in [7, 11) is 0. The molecule has 0 saturated carbocycles. The van der Waals surface area contributed by atoms with Crippen LogP contribution in [0.15, 0.2) is 24.3 Å². The van der Waals surface area contributed by atoms with Crippen LogP contribution in [0.1, 0.15) is 11.1 Å². The molecule has 0 bridgehead atoms. The van der Waals surface area contributed by atoms with Gasteiger partial charge >= 0.3 is 6.18 Å². The molecular formula is C11H9F3N2O. The summed E-state index contributed by atoms with van der Waals surface area (Å²) in [6, 6.07) is 4.69. The van der Waals surface area contributed by atoms with Crippen molar-refractivity contribution >= 4 is 5.91 Å². The quantitative estimate of drug-likeness (QED) is 0.810. The van der Waals surface area contributed by atoms with Crippen molar-refractivity contribution in [2.24, 2.45) is 0 Å². The van der Waals surface area contributed by atoms with Crippen molar-refractivity contribution in [1.29, 1.82) is 0 Å². The van der Waals surface area contributed by atoms with Crippen molar-refractivity contribution in [2.75, 3.05) is 6.54 Å². The smallest absolute Gasteiger partial charge is 0.346 e. The van der Waals surface area contributed by atoms with Crippen molar-refractivity contribution in [1.82, 2.24) is 5.32 Å². The fraction of sp³-hybridized carbons (Fsp3) is 0.273. The fourth-order valence-corrected chi connectivity index (χ4v) is 1.19. The highest BCUT2D eigenvalue weighted by molar-refractivity contribution is 5.79. The monoisotopic (exact) mass is 242 g/mol. The van der Waals surface area contributed by atoms with Gasteiger partial charge < -0.3 is 10.2 Å². The zero-order valence-electron chi connectivity index (χ0n) is 8.71. The molecule has 0 aromatic heterocycles. The van der Waals surface area contributed by atoms with Gasteiger partial charge in [0.25, 0.3) is 12.5 Å². The van der Waals surface area contributed by atoms with Crippen molar-refractivity contribution in [3.05, 3.63) is 46.8 Å². The number of benzene rings is 1. The second-order valence-electron chi connectivity index (χ2n) is 3.29. The zero-order chi connectivity index (χ0) is 12.9. The summed E-state index contributed by atoms with van der Waals surface area (Å²) in [5, 5.41) is 2.36. The van der Waals surface area contributed by atoms with Gasteiger partial charge in [0.1, 0.15) is 0 Å². The van der Waals surface area contributed by atoms with Gasteiger partial charge in [-0.15, -0.1) is 0 Å². The average Bonchev–Trinajstić information content (AvgIpc) is 2.26. The first-order chi connectivity index (χ1) is 7.93. The lowest BCUT2D eigenvalue weighted by molar-refractivity contribution is -0.137. The Morgan fingerprint density at radius 1 is 1.41 bits per heavy atom. The van der Waals surface area contributed by atoms with Gasteiger partial charge in [0.05, 0.1) is 5.56 Å². The van der Waals surface area contributed by atoms with Crippen molar-refractivity contribution < 1.29 is 18.0 Å². The lowest BCUT2D eigenvalue weighted by atomic mass is 10.1. The van der Waals surface area contributed by atoms with Crippen LogP contribution in [0.5, 0.6) is 0 Å². The molecule has 1 N–H and O–H groups in total. The molecule has 0 atom stereocenters. The van der Waals surface area contributed by atoms with Crippen LogP contribution in [0, 0.1) is 6.57 Å². The number of carbonyl (C=O) groups is 1. The molecule has 0 saturated heterocycles. The third kappa shape index (κ3) is 4.15. The Morgan fingerprint density at radius 2 is 2.12 bits per heavy atom. The Morgan fingerprint density at radius 3 is 2.71 bits per heavy atom. The molecule has 1 aromatic carbocycles. The van der Waals surface area contributed by atoms with E-state index in [0.29, 0.717) is 5.56 Å². The summed E-state index contributed by atoms with van der Waals surface area (Å²) in [6.07, 6.45) is -4.39. The molecule has 0 aliphatic heterocycles. The standard InChI is InChI=1S/C11H9F3N2O/c1-15-7-10(17)16-6-8-3-2-4-9(5-8)11(12,13)14/h2-5H,6-7H2,(H,16,17). The van der Waals surface area contributed by atoms with E-state index in [4.69, 9.17) is 6.57 Å². The van der Waals surface area contributed by atoms with E-state index in [1.165, 1.54) is 12.1 Å². The van der Waals surface area contributed by atoms with Crippen molar-refractivity contribution in [2.45, 2.75) is 12.7 Å².